The van der Waals surface area contributed by atoms with E-state index in [9.17, 15) is 14.4 Å². The Morgan fingerprint density at radius 2 is 2.17 bits per heavy atom. The van der Waals surface area contributed by atoms with Gasteiger partial charge in [-0.05, 0) is 12.1 Å². The maximum Gasteiger partial charge on any atom is 0.341 e. The fraction of sp³-hybridized carbons (Fsp3) is 0.200. The summed E-state index contributed by atoms with van der Waals surface area (Å²) >= 11 is 5.66. The number of hydrogen-bond donors (Lipinski definition) is 2. The van der Waals surface area contributed by atoms with Gasteiger partial charge in [-0.15, -0.1) is 0 Å². The van der Waals surface area contributed by atoms with Gasteiger partial charge in [0.2, 0.25) is 0 Å². The quantitative estimate of drug-likeness (QED) is 0.611. The summed E-state index contributed by atoms with van der Waals surface area (Å²) in [6.45, 7) is -0.586. The average Bonchev–Trinajstić information content (AvgIpc) is 2.36. The highest BCUT2D eigenvalue weighted by Crippen LogP contribution is 2.12. The van der Waals surface area contributed by atoms with E-state index in [0.29, 0.717) is 0 Å². The molecule has 1 aromatic heterocycles. The van der Waals surface area contributed by atoms with Gasteiger partial charge in [0.1, 0.15) is 5.15 Å². The molecule has 0 atom stereocenters. The van der Waals surface area contributed by atoms with E-state index in [4.69, 9.17) is 11.6 Å². The van der Waals surface area contributed by atoms with E-state index in [1.165, 1.54) is 25.4 Å². The summed E-state index contributed by atoms with van der Waals surface area (Å²) in [5, 5.41) is 4.10. The Labute approximate surface area is 107 Å². The lowest BCUT2D eigenvalue weighted by Gasteiger charge is -2.05. The number of ether oxygens (including phenoxy) is 1. The third kappa shape index (κ3) is 4.02. The molecule has 0 aliphatic carbocycles. The van der Waals surface area contributed by atoms with Crippen LogP contribution in [-0.4, -0.2) is 36.5 Å². The molecule has 18 heavy (non-hydrogen) atoms. The summed E-state index contributed by atoms with van der Waals surface area (Å²) in [6.07, 6.45) is 1.41. The summed E-state index contributed by atoms with van der Waals surface area (Å²) in [5.41, 5.74) is 0.0481. The van der Waals surface area contributed by atoms with Crippen LogP contribution in [0.15, 0.2) is 18.3 Å². The Morgan fingerprint density at radius 1 is 1.44 bits per heavy atom. The highest BCUT2D eigenvalue weighted by molar-refractivity contribution is 6.32. The van der Waals surface area contributed by atoms with Crippen LogP contribution in [0.2, 0.25) is 5.15 Å². The number of aromatic nitrogens is 1. The first-order chi connectivity index (χ1) is 8.54. The number of rotatable bonds is 3. The second-order valence-corrected chi connectivity index (χ2v) is 3.40. The minimum Gasteiger partial charge on any atom is -0.452 e. The Bertz CT molecular complexity index is 478. The van der Waals surface area contributed by atoms with Crippen molar-refractivity contribution in [3.8, 4) is 0 Å². The molecule has 0 bridgehead atoms. The van der Waals surface area contributed by atoms with Gasteiger partial charge < -0.3 is 10.1 Å². The zero-order chi connectivity index (χ0) is 13.5. The molecule has 2 N–H and O–H groups in total. The lowest BCUT2D eigenvalue weighted by molar-refractivity contribution is -0.123. The predicted octanol–water partition coefficient (Wildman–Crippen LogP) is 0.347. The molecule has 1 aromatic rings. The first-order valence-corrected chi connectivity index (χ1v) is 5.21. The van der Waals surface area contributed by atoms with E-state index in [-0.39, 0.29) is 10.7 Å². The molecule has 8 heteroatoms. The smallest absolute Gasteiger partial charge is 0.341 e. The number of halogens is 1. The minimum absolute atomic E-state index is 0.0193. The normalized spacial score (nSPS) is 9.44. The summed E-state index contributed by atoms with van der Waals surface area (Å²) in [6, 6.07) is 2.23. The van der Waals surface area contributed by atoms with Crippen molar-refractivity contribution in [2.45, 2.75) is 0 Å². The van der Waals surface area contributed by atoms with Gasteiger partial charge in [-0.25, -0.2) is 14.6 Å². The third-order valence-corrected chi connectivity index (χ3v) is 2.09. The van der Waals surface area contributed by atoms with Crippen LogP contribution in [0.5, 0.6) is 0 Å². The SMILES string of the molecule is CNC(=O)NC(=O)COC(=O)c1cccnc1Cl. The lowest BCUT2D eigenvalue weighted by Crippen LogP contribution is -2.39. The lowest BCUT2D eigenvalue weighted by atomic mass is 10.3. The molecular formula is C10H10ClN3O4. The number of imide groups is 1. The average molecular weight is 272 g/mol. The van der Waals surface area contributed by atoms with Crippen LogP contribution >= 0.6 is 11.6 Å². The van der Waals surface area contributed by atoms with Crippen molar-refractivity contribution in [3.05, 3.63) is 29.0 Å². The van der Waals surface area contributed by atoms with Crippen molar-refractivity contribution >= 4 is 29.5 Å². The topological polar surface area (TPSA) is 97.4 Å². The van der Waals surface area contributed by atoms with E-state index >= 15 is 0 Å². The van der Waals surface area contributed by atoms with Crippen LogP contribution in [-0.2, 0) is 9.53 Å². The summed E-state index contributed by atoms with van der Waals surface area (Å²) in [5.74, 6) is -1.54. The Balaban J connectivity index is 2.50. The number of esters is 1. The maximum absolute atomic E-state index is 11.5. The number of urea groups is 1. The summed E-state index contributed by atoms with van der Waals surface area (Å²) in [7, 11) is 1.35. The van der Waals surface area contributed by atoms with Gasteiger partial charge in [-0.1, -0.05) is 11.6 Å². The molecule has 0 aromatic carbocycles. The number of carbonyl (C=O) groups excluding carboxylic acids is 3. The Hall–Kier alpha value is -2.15. The Morgan fingerprint density at radius 3 is 2.78 bits per heavy atom. The van der Waals surface area contributed by atoms with Gasteiger partial charge >= 0.3 is 12.0 Å². The van der Waals surface area contributed by atoms with Crippen LogP contribution in [0.25, 0.3) is 0 Å². The van der Waals surface area contributed by atoms with E-state index < -0.39 is 24.5 Å². The molecule has 7 nitrogen and oxygen atoms in total. The third-order valence-electron chi connectivity index (χ3n) is 1.79. The summed E-state index contributed by atoms with van der Waals surface area (Å²) in [4.78, 5) is 37.1. The molecule has 0 spiro atoms. The standard InChI is InChI=1S/C10H10ClN3O4/c1-12-10(17)14-7(15)5-18-9(16)6-3-2-4-13-8(6)11/h2-4H,5H2,1H3,(H2,12,14,15,17). The van der Waals surface area contributed by atoms with E-state index in [2.05, 4.69) is 15.0 Å². The van der Waals surface area contributed by atoms with Crippen LogP contribution < -0.4 is 10.6 Å². The van der Waals surface area contributed by atoms with E-state index in [1.807, 2.05) is 5.32 Å². The molecule has 0 saturated heterocycles. The molecule has 0 aliphatic rings. The monoisotopic (exact) mass is 271 g/mol. The van der Waals surface area contributed by atoms with Crippen molar-refractivity contribution in [2.24, 2.45) is 0 Å². The van der Waals surface area contributed by atoms with Gasteiger partial charge in [0.05, 0.1) is 5.56 Å². The molecule has 0 aliphatic heterocycles. The molecule has 0 radical (unpaired) electrons. The summed E-state index contributed by atoms with van der Waals surface area (Å²) < 4.78 is 4.66. The van der Waals surface area contributed by atoms with Crippen molar-refractivity contribution in [2.75, 3.05) is 13.7 Å². The van der Waals surface area contributed by atoms with Crippen LogP contribution in [0.4, 0.5) is 4.79 Å². The number of amides is 3. The van der Waals surface area contributed by atoms with Crippen LogP contribution in [0.3, 0.4) is 0 Å². The van der Waals surface area contributed by atoms with E-state index in [1.54, 1.807) is 0 Å². The van der Waals surface area contributed by atoms with Crippen molar-refractivity contribution in [1.82, 2.24) is 15.6 Å². The minimum atomic E-state index is -0.792. The van der Waals surface area contributed by atoms with Crippen LogP contribution in [0, 0.1) is 0 Å². The largest absolute Gasteiger partial charge is 0.452 e. The zero-order valence-electron chi connectivity index (χ0n) is 9.40. The number of pyridine rings is 1. The first kappa shape index (κ1) is 13.9. The first-order valence-electron chi connectivity index (χ1n) is 4.83. The van der Waals surface area contributed by atoms with Gasteiger partial charge in [-0.3, -0.25) is 10.1 Å². The van der Waals surface area contributed by atoms with Crippen molar-refractivity contribution in [3.63, 3.8) is 0 Å². The number of nitrogens with one attached hydrogen (secondary N) is 2. The zero-order valence-corrected chi connectivity index (χ0v) is 10.2. The highest BCUT2D eigenvalue weighted by Gasteiger charge is 2.14. The number of nitrogens with zero attached hydrogens (tertiary/aromatic N) is 1. The van der Waals surface area contributed by atoms with Crippen molar-refractivity contribution < 1.29 is 19.1 Å². The molecule has 0 saturated carbocycles. The highest BCUT2D eigenvalue weighted by atomic mass is 35.5. The van der Waals surface area contributed by atoms with Crippen molar-refractivity contribution in [1.29, 1.82) is 0 Å². The molecule has 1 rings (SSSR count). The fourth-order valence-corrected chi connectivity index (χ4v) is 1.17. The molecule has 1 heterocycles. The molecule has 0 fully saturated rings. The molecular weight excluding hydrogens is 262 g/mol. The maximum atomic E-state index is 11.5. The fourth-order valence-electron chi connectivity index (χ4n) is 0.972. The van der Waals surface area contributed by atoms with Gasteiger partial charge in [0, 0.05) is 13.2 Å². The van der Waals surface area contributed by atoms with Gasteiger partial charge in [-0.2, -0.15) is 0 Å². The number of carbonyl (C=O) groups is 3. The van der Waals surface area contributed by atoms with Crippen LogP contribution in [0.1, 0.15) is 10.4 Å². The predicted molar refractivity (Wildman–Crippen MR) is 62.1 cm³/mol. The second-order valence-electron chi connectivity index (χ2n) is 3.05. The second kappa shape index (κ2) is 6.55. The Kier molecular flexibility index (Phi) is 5.06. The number of hydrogen-bond acceptors (Lipinski definition) is 5. The molecule has 96 valence electrons. The van der Waals surface area contributed by atoms with Gasteiger partial charge in [0.15, 0.2) is 6.61 Å². The molecule has 0 unspecified atom stereocenters. The van der Waals surface area contributed by atoms with E-state index in [0.717, 1.165) is 0 Å². The van der Waals surface area contributed by atoms with Gasteiger partial charge in [0.25, 0.3) is 5.91 Å². The molecule has 3 amide bonds.